The van der Waals surface area contributed by atoms with E-state index in [0.717, 1.165) is 5.56 Å². The van der Waals surface area contributed by atoms with Gasteiger partial charge in [-0.25, -0.2) is 9.37 Å². The average Bonchev–Trinajstić information content (AvgIpc) is 3.31. The van der Waals surface area contributed by atoms with Gasteiger partial charge in [0, 0.05) is 51.1 Å². The highest BCUT2D eigenvalue weighted by Crippen LogP contribution is 2.39. The van der Waals surface area contributed by atoms with Gasteiger partial charge in [-0.05, 0) is 18.6 Å². The summed E-state index contributed by atoms with van der Waals surface area (Å²) in [6.07, 6.45) is 3.91. The van der Waals surface area contributed by atoms with E-state index in [0.29, 0.717) is 34.7 Å². The lowest BCUT2D eigenvalue weighted by Crippen LogP contribution is -2.29. The highest BCUT2D eigenvalue weighted by atomic mass is 32.1. The van der Waals surface area contributed by atoms with Gasteiger partial charge in [0.05, 0.1) is 10.4 Å². The van der Waals surface area contributed by atoms with Gasteiger partial charge < -0.3 is 9.80 Å². The predicted octanol–water partition coefficient (Wildman–Crippen LogP) is 3.16. The van der Waals surface area contributed by atoms with E-state index in [1.54, 1.807) is 43.5 Å². The Balaban J connectivity index is 1.68. The van der Waals surface area contributed by atoms with Crippen LogP contribution in [-0.2, 0) is 0 Å². The normalized spacial score (nSPS) is 16.5. The number of carbonyl (C=O) groups is 2. The van der Waals surface area contributed by atoms with Crippen molar-refractivity contribution in [1.29, 1.82) is 0 Å². The molecule has 0 saturated carbocycles. The zero-order chi connectivity index (χ0) is 19.8. The molecular weight excluding hydrogens is 379 g/mol. The number of halogens is 1. The first-order chi connectivity index (χ1) is 13.5. The Morgan fingerprint density at radius 3 is 2.71 bits per heavy atom. The van der Waals surface area contributed by atoms with Crippen LogP contribution in [0.15, 0.2) is 36.7 Å². The highest BCUT2D eigenvalue weighted by molar-refractivity contribution is 7.20. The topological polar surface area (TPSA) is 66.4 Å². The molecule has 1 fully saturated rings. The summed E-state index contributed by atoms with van der Waals surface area (Å²) >= 11 is 1.33. The largest absolute Gasteiger partial charge is 0.344 e. The number of carbonyl (C=O) groups excluding carboxylic acids is 2. The fourth-order valence-corrected chi connectivity index (χ4v) is 4.78. The monoisotopic (exact) mass is 398 g/mol. The van der Waals surface area contributed by atoms with Crippen molar-refractivity contribution < 1.29 is 14.0 Å². The molecule has 28 heavy (non-hydrogen) atoms. The molecule has 1 aliphatic heterocycles. The van der Waals surface area contributed by atoms with Crippen LogP contribution in [0.4, 0.5) is 4.39 Å². The Morgan fingerprint density at radius 2 is 1.96 bits per heavy atom. The first kappa shape index (κ1) is 18.5. The molecule has 2 amide bonds. The van der Waals surface area contributed by atoms with E-state index in [1.807, 2.05) is 0 Å². The number of amides is 2. The Labute approximate surface area is 165 Å². The zero-order valence-electron chi connectivity index (χ0n) is 15.6. The minimum Gasteiger partial charge on any atom is -0.344 e. The minimum absolute atomic E-state index is 0.0416. The third-order valence-electron chi connectivity index (χ3n) is 4.95. The molecule has 0 unspecified atom stereocenters. The quantitative estimate of drug-likeness (QED) is 0.680. The molecule has 3 heterocycles. The highest BCUT2D eigenvalue weighted by Gasteiger charge is 2.34. The second-order valence-corrected chi connectivity index (χ2v) is 7.97. The number of thiophene rings is 1. The van der Waals surface area contributed by atoms with Crippen molar-refractivity contribution in [2.24, 2.45) is 0 Å². The molecule has 0 N–H and O–H groups in total. The lowest BCUT2D eigenvalue weighted by Gasteiger charge is -2.18. The van der Waals surface area contributed by atoms with E-state index in [-0.39, 0.29) is 23.3 Å². The standard InChI is InChI=1S/C20H19FN4O2S/c1-24(2)20(27)17-15(16-18(28-17)23-9-8-22-16)12-7-10-25(11-12)19(26)13-5-3-4-6-14(13)21/h3-6,8-9,12H,7,10-11H2,1-2H3/t12-/m1/s1. The van der Waals surface area contributed by atoms with Crippen LogP contribution in [0.1, 0.15) is 37.9 Å². The molecule has 0 spiro atoms. The zero-order valence-corrected chi connectivity index (χ0v) is 16.4. The lowest BCUT2D eigenvalue weighted by molar-refractivity contribution is 0.0786. The van der Waals surface area contributed by atoms with Crippen LogP contribution in [-0.4, -0.2) is 58.8 Å². The summed E-state index contributed by atoms with van der Waals surface area (Å²) in [6.45, 7) is 0.925. The Kier molecular flexibility index (Phi) is 4.80. The van der Waals surface area contributed by atoms with Crippen molar-refractivity contribution in [3.63, 3.8) is 0 Å². The van der Waals surface area contributed by atoms with Gasteiger partial charge in [0.1, 0.15) is 16.2 Å². The number of fused-ring (bicyclic) bond motifs is 1. The molecule has 1 atom stereocenters. The van der Waals surface area contributed by atoms with E-state index >= 15 is 0 Å². The van der Waals surface area contributed by atoms with Crippen LogP contribution in [0.3, 0.4) is 0 Å². The third kappa shape index (κ3) is 3.13. The van der Waals surface area contributed by atoms with Crippen molar-refractivity contribution in [2.45, 2.75) is 12.3 Å². The van der Waals surface area contributed by atoms with Gasteiger partial charge >= 0.3 is 0 Å². The summed E-state index contributed by atoms with van der Waals surface area (Å²) in [4.78, 5) is 38.8. The van der Waals surface area contributed by atoms with Gasteiger partial charge in [-0.2, -0.15) is 0 Å². The predicted molar refractivity (Wildman–Crippen MR) is 105 cm³/mol. The summed E-state index contributed by atoms with van der Waals surface area (Å²) in [5.41, 5.74) is 1.63. The molecule has 2 aromatic heterocycles. The van der Waals surface area contributed by atoms with Crippen LogP contribution in [0.25, 0.3) is 10.3 Å². The lowest BCUT2D eigenvalue weighted by atomic mass is 9.97. The van der Waals surface area contributed by atoms with Crippen molar-refractivity contribution in [3.05, 3.63) is 58.5 Å². The van der Waals surface area contributed by atoms with Crippen molar-refractivity contribution in [3.8, 4) is 0 Å². The maximum absolute atomic E-state index is 14.0. The Bertz CT molecular complexity index is 1070. The molecule has 1 aromatic carbocycles. The fourth-order valence-electron chi connectivity index (χ4n) is 3.57. The number of likely N-dealkylation sites (tertiary alicyclic amines) is 1. The number of rotatable bonds is 3. The molecule has 0 radical (unpaired) electrons. The number of benzene rings is 1. The number of hydrogen-bond acceptors (Lipinski definition) is 5. The molecule has 4 rings (SSSR count). The molecule has 1 aliphatic rings. The summed E-state index contributed by atoms with van der Waals surface area (Å²) in [5.74, 6) is -0.989. The molecule has 0 aliphatic carbocycles. The molecule has 0 bridgehead atoms. The molecule has 144 valence electrons. The van der Waals surface area contributed by atoms with E-state index < -0.39 is 5.82 Å². The molecule has 6 nitrogen and oxygen atoms in total. The Morgan fingerprint density at radius 1 is 1.21 bits per heavy atom. The van der Waals surface area contributed by atoms with Crippen molar-refractivity contribution in [1.82, 2.24) is 19.8 Å². The van der Waals surface area contributed by atoms with Crippen LogP contribution >= 0.6 is 11.3 Å². The Hall–Kier alpha value is -2.87. The summed E-state index contributed by atoms with van der Waals surface area (Å²) in [7, 11) is 3.42. The van der Waals surface area contributed by atoms with Gasteiger partial charge in [-0.3, -0.25) is 14.6 Å². The molecule has 1 saturated heterocycles. The van der Waals surface area contributed by atoms with E-state index in [2.05, 4.69) is 9.97 Å². The summed E-state index contributed by atoms with van der Waals surface area (Å²) < 4.78 is 14.0. The van der Waals surface area contributed by atoms with Crippen LogP contribution < -0.4 is 0 Å². The smallest absolute Gasteiger partial charge is 0.263 e. The number of hydrogen-bond donors (Lipinski definition) is 0. The van der Waals surface area contributed by atoms with Gasteiger partial charge in [0.15, 0.2) is 0 Å². The third-order valence-corrected chi connectivity index (χ3v) is 6.04. The molecule has 8 heteroatoms. The second-order valence-electron chi connectivity index (χ2n) is 6.97. The second kappa shape index (κ2) is 7.27. The van der Waals surface area contributed by atoms with Gasteiger partial charge in [-0.15, -0.1) is 11.3 Å². The first-order valence-electron chi connectivity index (χ1n) is 8.96. The first-order valence-corrected chi connectivity index (χ1v) is 9.78. The minimum atomic E-state index is -0.522. The van der Waals surface area contributed by atoms with Gasteiger partial charge in [-0.1, -0.05) is 12.1 Å². The maximum Gasteiger partial charge on any atom is 0.263 e. The molecule has 3 aromatic rings. The average molecular weight is 398 g/mol. The van der Waals surface area contributed by atoms with Crippen LogP contribution in [0.2, 0.25) is 0 Å². The number of aromatic nitrogens is 2. The van der Waals surface area contributed by atoms with E-state index in [9.17, 15) is 14.0 Å². The van der Waals surface area contributed by atoms with Crippen molar-refractivity contribution in [2.75, 3.05) is 27.2 Å². The van der Waals surface area contributed by atoms with Crippen LogP contribution in [0, 0.1) is 5.82 Å². The van der Waals surface area contributed by atoms with Gasteiger partial charge in [0.25, 0.3) is 11.8 Å². The fraction of sp³-hybridized carbons (Fsp3) is 0.300. The summed E-state index contributed by atoms with van der Waals surface area (Å²) in [5, 5.41) is 0. The van der Waals surface area contributed by atoms with Crippen molar-refractivity contribution >= 4 is 33.5 Å². The molecular formula is C20H19FN4O2S. The SMILES string of the molecule is CN(C)C(=O)c1sc2nccnc2c1[C@@H]1CCN(C(=O)c2ccccc2F)C1. The van der Waals surface area contributed by atoms with E-state index in [4.69, 9.17) is 0 Å². The van der Waals surface area contributed by atoms with Crippen LogP contribution in [0.5, 0.6) is 0 Å². The summed E-state index contributed by atoms with van der Waals surface area (Å²) in [6, 6.07) is 6.00. The van der Waals surface area contributed by atoms with Gasteiger partial charge in [0.2, 0.25) is 0 Å². The number of nitrogens with zero attached hydrogens (tertiary/aromatic N) is 4. The maximum atomic E-state index is 14.0. The van der Waals surface area contributed by atoms with E-state index in [1.165, 1.54) is 28.4 Å².